The van der Waals surface area contributed by atoms with Crippen molar-refractivity contribution in [3.63, 3.8) is 0 Å². The normalized spacial score (nSPS) is 17.2. The van der Waals surface area contributed by atoms with E-state index >= 15 is 0 Å². The fourth-order valence-corrected chi connectivity index (χ4v) is 6.01. The Hall–Kier alpha value is -3.08. The lowest BCUT2D eigenvalue weighted by molar-refractivity contribution is -0.118. The molecule has 5 heteroatoms. The van der Waals surface area contributed by atoms with Crippen LogP contribution in [0.15, 0.2) is 60.7 Å². The summed E-state index contributed by atoms with van der Waals surface area (Å²) >= 11 is 0. The third-order valence-electron chi connectivity index (χ3n) is 7.91. The standard InChI is InChI=1S/C33H45N3O2/c1-24(22-33(2,3)4)13-14-25-9-8-12-29(21-25)34-31(37)30(27-10-6-7-11-27)28-17-15-26(16-18-28)23-36-20-19-35(5)32(36)38/h8-9,12,15-18,21,27,30H,1,6-7,10-11,13-14,19-20,22-23H2,2-5H3,(H,34,37). The van der Waals surface area contributed by atoms with E-state index in [2.05, 4.69) is 69.1 Å². The number of aryl methyl sites for hydroxylation is 1. The number of nitrogens with zero attached hydrogens (tertiary/aromatic N) is 2. The number of likely N-dealkylation sites (N-methyl/N-ethyl adjacent to an activating group) is 1. The number of carbonyl (C=O) groups is 2. The maximum absolute atomic E-state index is 13.7. The van der Waals surface area contributed by atoms with E-state index in [9.17, 15) is 9.59 Å². The summed E-state index contributed by atoms with van der Waals surface area (Å²) in [5.41, 5.74) is 5.79. The minimum Gasteiger partial charge on any atom is -0.326 e. The van der Waals surface area contributed by atoms with Crippen LogP contribution in [-0.4, -0.2) is 41.9 Å². The molecule has 1 N–H and O–H groups in total. The summed E-state index contributed by atoms with van der Waals surface area (Å²) in [4.78, 5) is 29.6. The highest BCUT2D eigenvalue weighted by Crippen LogP contribution is 2.38. The summed E-state index contributed by atoms with van der Waals surface area (Å²) < 4.78 is 0. The number of allylic oxidation sites excluding steroid dienone is 1. The molecule has 2 aromatic rings. The number of rotatable bonds is 10. The molecule has 1 heterocycles. The SMILES string of the molecule is C=C(CCc1cccc(NC(=O)C(c2ccc(CN3CCN(C)C3=O)cc2)C2CCCC2)c1)CC(C)(C)C. The Morgan fingerprint density at radius 2 is 1.76 bits per heavy atom. The van der Waals surface area contributed by atoms with E-state index in [1.165, 1.54) is 24.0 Å². The Morgan fingerprint density at radius 3 is 2.39 bits per heavy atom. The average molecular weight is 516 g/mol. The number of hydrogen-bond donors (Lipinski definition) is 1. The van der Waals surface area contributed by atoms with Gasteiger partial charge in [-0.25, -0.2) is 4.79 Å². The molecule has 5 nitrogen and oxygen atoms in total. The predicted molar refractivity (Wildman–Crippen MR) is 156 cm³/mol. The van der Waals surface area contributed by atoms with E-state index in [1.54, 1.807) is 4.90 Å². The zero-order valence-electron chi connectivity index (χ0n) is 23.8. The molecule has 1 unspecified atom stereocenters. The van der Waals surface area contributed by atoms with Crippen molar-refractivity contribution in [1.29, 1.82) is 0 Å². The van der Waals surface area contributed by atoms with Crippen LogP contribution in [0.4, 0.5) is 10.5 Å². The quantitative estimate of drug-likeness (QED) is 0.335. The molecule has 4 rings (SSSR count). The second-order valence-corrected chi connectivity index (χ2v) is 12.6. The van der Waals surface area contributed by atoms with Gasteiger partial charge in [0.05, 0.1) is 5.92 Å². The first-order chi connectivity index (χ1) is 18.1. The zero-order chi connectivity index (χ0) is 27.3. The lowest BCUT2D eigenvalue weighted by Gasteiger charge is -2.24. The van der Waals surface area contributed by atoms with Gasteiger partial charge in [-0.05, 0) is 72.3 Å². The van der Waals surface area contributed by atoms with E-state index in [4.69, 9.17) is 0 Å². The largest absolute Gasteiger partial charge is 0.326 e. The van der Waals surface area contributed by atoms with Gasteiger partial charge in [-0.2, -0.15) is 0 Å². The van der Waals surface area contributed by atoms with Crippen molar-refractivity contribution in [2.45, 2.75) is 78.2 Å². The van der Waals surface area contributed by atoms with Gasteiger partial charge in [0, 0.05) is 32.4 Å². The number of amides is 3. The van der Waals surface area contributed by atoms with Crippen LogP contribution in [0.3, 0.4) is 0 Å². The molecule has 0 spiro atoms. The highest BCUT2D eigenvalue weighted by molar-refractivity contribution is 5.96. The van der Waals surface area contributed by atoms with Crippen LogP contribution >= 0.6 is 0 Å². The molecule has 2 aromatic carbocycles. The number of urea groups is 1. The highest BCUT2D eigenvalue weighted by Gasteiger charge is 2.32. The molecule has 1 aliphatic carbocycles. The van der Waals surface area contributed by atoms with Crippen LogP contribution in [0, 0.1) is 11.3 Å². The van der Waals surface area contributed by atoms with Crippen LogP contribution in [0.5, 0.6) is 0 Å². The molecule has 1 saturated heterocycles. The first-order valence-corrected chi connectivity index (χ1v) is 14.2. The molecule has 1 saturated carbocycles. The van der Waals surface area contributed by atoms with Crippen LogP contribution in [0.2, 0.25) is 0 Å². The maximum Gasteiger partial charge on any atom is 0.320 e. The minimum atomic E-state index is -0.165. The average Bonchev–Trinajstić information content (AvgIpc) is 3.49. The fraction of sp³-hybridized carbons (Fsp3) is 0.515. The maximum atomic E-state index is 13.7. The van der Waals surface area contributed by atoms with Gasteiger partial charge in [0.25, 0.3) is 0 Å². The molecular weight excluding hydrogens is 470 g/mol. The van der Waals surface area contributed by atoms with Crippen molar-refractivity contribution in [2.24, 2.45) is 11.3 Å². The third-order valence-corrected chi connectivity index (χ3v) is 7.91. The molecule has 3 amide bonds. The van der Waals surface area contributed by atoms with Gasteiger partial charge < -0.3 is 15.1 Å². The molecule has 0 aromatic heterocycles. The predicted octanol–water partition coefficient (Wildman–Crippen LogP) is 7.39. The van der Waals surface area contributed by atoms with Crippen LogP contribution in [0.1, 0.15) is 81.9 Å². The summed E-state index contributed by atoms with van der Waals surface area (Å²) in [6.45, 7) is 13.2. The van der Waals surface area contributed by atoms with Crippen LogP contribution in [0.25, 0.3) is 0 Å². The number of nitrogens with one attached hydrogen (secondary N) is 1. The number of anilines is 1. The minimum absolute atomic E-state index is 0.0790. The van der Waals surface area contributed by atoms with Gasteiger partial charge in [0.15, 0.2) is 0 Å². The van der Waals surface area contributed by atoms with Gasteiger partial charge in [0.1, 0.15) is 0 Å². The highest BCUT2D eigenvalue weighted by atomic mass is 16.2. The second-order valence-electron chi connectivity index (χ2n) is 12.6. The number of benzene rings is 2. The van der Waals surface area contributed by atoms with Gasteiger partial charge in [-0.1, -0.05) is 82.2 Å². The molecule has 38 heavy (non-hydrogen) atoms. The van der Waals surface area contributed by atoms with E-state index < -0.39 is 0 Å². The molecule has 0 radical (unpaired) electrons. The van der Waals surface area contributed by atoms with Crippen molar-refractivity contribution in [3.05, 3.63) is 77.4 Å². The first-order valence-electron chi connectivity index (χ1n) is 14.2. The van der Waals surface area contributed by atoms with Gasteiger partial charge in [0.2, 0.25) is 5.91 Å². The third kappa shape index (κ3) is 7.49. The Bertz CT molecular complexity index is 1130. The van der Waals surface area contributed by atoms with E-state index in [-0.39, 0.29) is 23.3 Å². The monoisotopic (exact) mass is 515 g/mol. The molecule has 2 aliphatic rings. The summed E-state index contributed by atoms with van der Waals surface area (Å²) in [6, 6.07) is 16.7. The lowest BCUT2D eigenvalue weighted by atomic mass is 9.83. The summed E-state index contributed by atoms with van der Waals surface area (Å²) in [5.74, 6) is 0.273. The van der Waals surface area contributed by atoms with Gasteiger partial charge >= 0.3 is 6.03 Å². The zero-order valence-corrected chi connectivity index (χ0v) is 23.8. The Morgan fingerprint density at radius 1 is 1.05 bits per heavy atom. The van der Waals surface area contributed by atoms with Crippen molar-refractivity contribution in [1.82, 2.24) is 9.80 Å². The second kappa shape index (κ2) is 12.2. The van der Waals surface area contributed by atoms with Crippen molar-refractivity contribution >= 4 is 17.6 Å². The topological polar surface area (TPSA) is 52.7 Å². The van der Waals surface area contributed by atoms with Crippen molar-refractivity contribution in [2.75, 3.05) is 25.5 Å². The Kier molecular flexibility index (Phi) is 8.96. The van der Waals surface area contributed by atoms with Crippen molar-refractivity contribution < 1.29 is 9.59 Å². The Labute approximate surface area is 229 Å². The van der Waals surface area contributed by atoms with Crippen LogP contribution in [-0.2, 0) is 17.8 Å². The lowest BCUT2D eigenvalue weighted by Crippen LogP contribution is -2.29. The van der Waals surface area contributed by atoms with Gasteiger partial charge in [-0.15, -0.1) is 0 Å². The number of hydrogen-bond acceptors (Lipinski definition) is 2. The van der Waals surface area contributed by atoms with Crippen LogP contribution < -0.4 is 5.32 Å². The Balaban J connectivity index is 1.42. The van der Waals surface area contributed by atoms with E-state index in [0.29, 0.717) is 12.5 Å². The molecular formula is C33H45N3O2. The molecule has 204 valence electrons. The number of carbonyl (C=O) groups excluding carboxylic acids is 2. The smallest absolute Gasteiger partial charge is 0.320 e. The molecule has 1 atom stereocenters. The fourth-order valence-electron chi connectivity index (χ4n) is 6.01. The molecule has 1 aliphatic heterocycles. The summed E-state index contributed by atoms with van der Waals surface area (Å²) in [7, 11) is 1.84. The van der Waals surface area contributed by atoms with Gasteiger partial charge in [-0.3, -0.25) is 4.79 Å². The molecule has 2 fully saturated rings. The summed E-state index contributed by atoms with van der Waals surface area (Å²) in [6.07, 6.45) is 7.47. The van der Waals surface area contributed by atoms with Crippen molar-refractivity contribution in [3.8, 4) is 0 Å². The first kappa shape index (κ1) is 27.9. The summed E-state index contributed by atoms with van der Waals surface area (Å²) in [5, 5.41) is 3.25. The van der Waals surface area contributed by atoms with E-state index in [1.807, 2.05) is 24.1 Å². The van der Waals surface area contributed by atoms with E-state index in [0.717, 1.165) is 62.0 Å². The molecule has 0 bridgehead atoms.